The fourth-order valence-corrected chi connectivity index (χ4v) is 4.20. The minimum absolute atomic E-state index is 0.440. The van der Waals surface area contributed by atoms with Crippen LogP contribution < -0.4 is 5.73 Å². The van der Waals surface area contributed by atoms with Crippen LogP contribution in [0.2, 0.25) is 0 Å². The molecular weight excluding hydrogens is 300 g/mol. The summed E-state index contributed by atoms with van der Waals surface area (Å²) in [7, 11) is 1.75. The van der Waals surface area contributed by atoms with Gasteiger partial charge in [0.05, 0.1) is 12.2 Å². The maximum Gasteiger partial charge on any atom is 0.141 e. The van der Waals surface area contributed by atoms with Crippen LogP contribution in [0, 0.1) is 11.3 Å². The van der Waals surface area contributed by atoms with Gasteiger partial charge in [-0.05, 0) is 68.7 Å². The van der Waals surface area contributed by atoms with E-state index >= 15 is 0 Å². The summed E-state index contributed by atoms with van der Waals surface area (Å²) in [6.07, 6.45) is 7.86. The van der Waals surface area contributed by atoms with E-state index in [9.17, 15) is 5.26 Å². The number of rotatable bonds is 4. The average molecular weight is 328 g/mol. The van der Waals surface area contributed by atoms with Crippen LogP contribution in [0.25, 0.3) is 0 Å². The average Bonchev–Trinajstić information content (AvgIpc) is 2.84. The maximum absolute atomic E-state index is 9.67. The van der Waals surface area contributed by atoms with Crippen molar-refractivity contribution in [1.82, 2.24) is 9.88 Å². The summed E-state index contributed by atoms with van der Waals surface area (Å²) < 4.78 is 5.19. The third kappa shape index (κ3) is 3.55. The molecule has 3 rings (SSSR count). The van der Waals surface area contributed by atoms with E-state index in [0.717, 1.165) is 57.6 Å². The number of likely N-dealkylation sites (tertiary alicyclic amines) is 1. The van der Waals surface area contributed by atoms with Gasteiger partial charge >= 0.3 is 0 Å². The summed E-state index contributed by atoms with van der Waals surface area (Å²) in [6.45, 7) is 3.91. The Bertz CT molecular complexity index is 615. The van der Waals surface area contributed by atoms with Crippen molar-refractivity contribution < 1.29 is 4.74 Å². The molecule has 1 aliphatic heterocycles. The van der Waals surface area contributed by atoms with Gasteiger partial charge in [0.1, 0.15) is 11.9 Å². The van der Waals surface area contributed by atoms with Crippen molar-refractivity contribution in [3.8, 4) is 6.07 Å². The Kier molecular flexibility index (Phi) is 5.70. The lowest BCUT2D eigenvalue weighted by Gasteiger charge is -2.33. The lowest BCUT2D eigenvalue weighted by atomic mass is 9.82. The predicted molar refractivity (Wildman–Crippen MR) is 94.9 cm³/mol. The van der Waals surface area contributed by atoms with Gasteiger partial charge in [-0.3, -0.25) is 0 Å². The number of nitrogen functional groups attached to an aromatic ring is 1. The summed E-state index contributed by atoms with van der Waals surface area (Å²) in [5, 5.41) is 9.67. The number of aryl methyl sites for hydroxylation is 1. The zero-order valence-corrected chi connectivity index (χ0v) is 14.7. The third-order valence-electron chi connectivity index (χ3n) is 5.51. The number of ether oxygens (including phenoxy) is 1. The van der Waals surface area contributed by atoms with Crippen LogP contribution in [-0.4, -0.2) is 43.2 Å². The van der Waals surface area contributed by atoms with Crippen molar-refractivity contribution in [1.29, 1.82) is 5.26 Å². The highest BCUT2D eigenvalue weighted by atomic mass is 16.5. The molecule has 1 saturated heterocycles. The number of pyridine rings is 1. The van der Waals surface area contributed by atoms with Gasteiger partial charge in [-0.25, -0.2) is 4.98 Å². The first-order valence-electron chi connectivity index (χ1n) is 9.17. The van der Waals surface area contributed by atoms with Crippen LogP contribution in [0.1, 0.15) is 60.4 Å². The highest BCUT2D eigenvalue weighted by Gasteiger charge is 2.28. The second kappa shape index (κ2) is 7.96. The summed E-state index contributed by atoms with van der Waals surface area (Å²) >= 11 is 0. The van der Waals surface area contributed by atoms with Crippen molar-refractivity contribution in [2.24, 2.45) is 0 Å². The van der Waals surface area contributed by atoms with Crippen molar-refractivity contribution >= 4 is 5.82 Å². The standard InChI is InChI=1S/C19H28N4O/c1-24-12-11-23-9-7-14(8-10-23)18-15-5-3-2-4-6-17(15)22-19(21)16(18)13-20/h14H,2-12H2,1H3,(H2,21,22). The van der Waals surface area contributed by atoms with Crippen molar-refractivity contribution in [2.75, 3.05) is 39.1 Å². The van der Waals surface area contributed by atoms with Gasteiger partial charge in [0.2, 0.25) is 0 Å². The molecule has 0 spiro atoms. The maximum atomic E-state index is 9.67. The smallest absolute Gasteiger partial charge is 0.141 e. The molecule has 0 atom stereocenters. The van der Waals surface area contributed by atoms with Crippen LogP contribution in [0.15, 0.2) is 0 Å². The van der Waals surface area contributed by atoms with Crippen molar-refractivity contribution in [3.63, 3.8) is 0 Å². The molecule has 5 heteroatoms. The molecule has 0 bridgehead atoms. The lowest BCUT2D eigenvalue weighted by molar-refractivity contribution is 0.130. The monoisotopic (exact) mass is 328 g/mol. The van der Waals surface area contributed by atoms with Gasteiger partial charge in [-0.15, -0.1) is 0 Å². The zero-order chi connectivity index (χ0) is 16.9. The Labute approximate surface area is 144 Å². The van der Waals surface area contributed by atoms with Crippen molar-refractivity contribution in [3.05, 3.63) is 22.4 Å². The molecule has 1 aromatic heterocycles. The van der Waals surface area contributed by atoms with Crippen molar-refractivity contribution in [2.45, 2.75) is 50.9 Å². The number of piperidine rings is 1. The fourth-order valence-electron chi connectivity index (χ4n) is 4.20. The van der Waals surface area contributed by atoms with E-state index in [-0.39, 0.29) is 0 Å². The first kappa shape index (κ1) is 17.2. The molecule has 2 N–H and O–H groups in total. The molecule has 0 amide bonds. The molecule has 1 aliphatic carbocycles. The van der Waals surface area contributed by atoms with E-state index in [4.69, 9.17) is 10.5 Å². The zero-order valence-electron chi connectivity index (χ0n) is 14.7. The summed E-state index contributed by atoms with van der Waals surface area (Å²) in [5.41, 5.74) is 10.5. The number of hydrogen-bond acceptors (Lipinski definition) is 5. The first-order chi connectivity index (χ1) is 11.7. The normalized spacial score (nSPS) is 19.5. The summed E-state index contributed by atoms with van der Waals surface area (Å²) in [6, 6.07) is 2.36. The fraction of sp³-hybridized carbons (Fsp3) is 0.684. The molecule has 130 valence electrons. The number of methoxy groups -OCH3 is 1. The van der Waals surface area contributed by atoms with Crippen LogP contribution in [-0.2, 0) is 17.6 Å². The van der Waals surface area contributed by atoms with E-state index in [0.29, 0.717) is 17.3 Å². The number of fused-ring (bicyclic) bond motifs is 1. The van der Waals surface area contributed by atoms with Crippen LogP contribution in [0.3, 0.4) is 0 Å². The van der Waals surface area contributed by atoms with Gasteiger partial charge in [0.25, 0.3) is 0 Å². The number of nitrogens with zero attached hydrogens (tertiary/aromatic N) is 3. The van der Waals surface area contributed by atoms with E-state index in [2.05, 4.69) is 16.0 Å². The third-order valence-corrected chi connectivity index (χ3v) is 5.51. The first-order valence-corrected chi connectivity index (χ1v) is 9.17. The highest BCUT2D eigenvalue weighted by molar-refractivity contribution is 5.59. The Balaban J connectivity index is 1.87. The SMILES string of the molecule is COCCN1CCC(c2c(C#N)c(N)nc3c2CCCCC3)CC1. The molecular formula is C19H28N4O. The largest absolute Gasteiger partial charge is 0.383 e. The topological polar surface area (TPSA) is 75.2 Å². The number of aromatic nitrogens is 1. The predicted octanol–water partition coefficient (Wildman–Crippen LogP) is 2.63. The minimum atomic E-state index is 0.440. The van der Waals surface area contributed by atoms with Gasteiger partial charge in [0.15, 0.2) is 0 Å². The van der Waals surface area contributed by atoms with E-state index in [1.807, 2.05) is 0 Å². The number of anilines is 1. The lowest BCUT2D eigenvalue weighted by Crippen LogP contribution is -2.35. The van der Waals surface area contributed by atoms with Gasteiger partial charge in [-0.2, -0.15) is 5.26 Å². The minimum Gasteiger partial charge on any atom is -0.383 e. The van der Waals surface area contributed by atoms with Crippen LogP contribution in [0.5, 0.6) is 0 Å². The molecule has 1 aromatic rings. The summed E-state index contributed by atoms with van der Waals surface area (Å²) in [4.78, 5) is 7.04. The molecule has 0 saturated carbocycles. The van der Waals surface area contributed by atoms with E-state index < -0.39 is 0 Å². The summed E-state index contributed by atoms with van der Waals surface area (Å²) in [5.74, 6) is 0.880. The Morgan fingerprint density at radius 2 is 2.00 bits per heavy atom. The Morgan fingerprint density at radius 1 is 1.25 bits per heavy atom. The van der Waals surface area contributed by atoms with E-state index in [1.54, 1.807) is 7.11 Å². The van der Waals surface area contributed by atoms with Crippen LogP contribution >= 0.6 is 0 Å². The molecule has 0 radical (unpaired) electrons. The highest BCUT2D eigenvalue weighted by Crippen LogP contribution is 2.37. The van der Waals surface area contributed by atoms with Gasteiger partial charge in [-0.1, -0.05) is 6.42 Å². The van der Waals surface area contributed by atoms with Gasteiger partial charge in [0, 0.05) is 19.3 Å². The second-order valence-corrected chi connectivity index (χ2v) is 6.99. The molecule has 2 heterocycles. The Hall–Kier alpha value is -1.64. The molecule has 2 aliphatic rings. The number of hydrogen-bond donors (Lipinski definition) is 1. The molecule has 5 nitrogen and oxygen atoms in total. The molecule has 1 fully saturated rings. The molecule has 0 aromatic carbocycles. The quantitative estimate of drug-likeness (QED) is 0.860. The molecule has 0 unspecified atom stereocenters. The second-order valence-electron chi connectivity index (χ2n) is 6.99. The number of nitrogens with two attached hydrogens (primary N) is 1. The molecule has 24 heavy (non-hydrogen) atoms. The van der Waals surface area contributed by atoms with Gasteiger partial charge < -0.3 is 15.4 Å². The number of nitriles is 1. The Morgan fingerprint density at radius 3 is 2.71 bits per heavy atom. The van der Waals surface area contributed by atoms with Crippen LogP contribution in [0.4, 0.5) is 5.82 Å². The van der Waals surface area contributed by atoms with E-state index in [1.165, 1.54) is 30.4 Å².